The number of fused-ring (bicyclic) bond motifs is 1. The van der Waals surface area contributed by atoms with Gasteiger partial charge in [-0.25, -0.2) is 0 Å². The number of hydrogen-bond acceptors (Lipinski definition) is 4. The van der Waals surface area contributed by atoms with Crippen molar-refractivity contribution < 1.29 is 0 Å². The third-order valence-electron chi connectivity index (χ3n) is 6.86. The number of aryl methyl sites for hydroxylation is 1. The number of allylic oxidation sites excluding steroid dienone is 4. The summed E-state index contributed by atoms with van der Waals surface area (Å²) in [5, 5.41) is 30.0. The Kier molecular flexibility index (Phi) is 5.55. The van der Waals surface area contributed by atoms with Gasteiger partial charge in [0.05, 0.1) is 23.4 Å². The number of nitrogens with zero attached hydrogens (tertiary/aromatic N) is 3. The van der Waals surface area contributed by atoms with Gasteiger partial charge in [0.2, 0.25) is 0 Å². The number of nitriles is 3. The summed E-state index contributed by atoms with van der Waals surface area (Å²) in [7, 11) is 0. The molecule has 29 heavy (non-hydrogen) atoms. The van der Waals surface area contributed by atoms with Crippen molar-refractivity contribution in [3.05, 3.63) is 58.8 Å². The summed E-state index contributed by atoms with van der Waals surface area (Å²) >= 11 is 0. The van der Waals surface area contributed by atoms with Crippen LogP contribution in [-0.2, 0) is 6.42 Å². The van der Waals surface area contributed by atoms with Gasteiger partial charge in [0.25, 0.3) is 0 Å². The van der Waals surface area contributed by atoms with Gasteiger partial charge in [-0.3, -0.25) is 0 Å². The lowest BCUT2D eigenvalue weighted by atomic mass is 9.54. The zero-order valence-electron chi connectivity index (χ0n) is 17.4. The maximum absolute atomic E-state index is 10.1. The Bertz CT molecular complexity index is 943. The van der Waals surface area contributed by atoms with Gasteiger partial charge >= 0.3 is 0 Å². The summed E-state index contributed by atoms with van der Waals surface area (Å²) in [5.41, 5.74) is 7.63. The molecule has 0 saturated carbocycles. The lowest BCUT2D eigenvalue weighted by Gasteiger charge is -2.47. The van der Waals surface area contributed by atoms with Crippen LogP contribution in [0.15, 0.2) is 53.3 Å². The summed E-state index contributed by atoms with van der Waals surface area (Å²) in [4.78, 5) is 0. The topological polar surface area (TPSA) is 97.4 Å². The molecule has 0 aromatic heterocycles. The number of benzene rings is 1. The number of nitrogens with two attached hydrogens (primary N) is 1. The van der Waals surface area contributed by atoms with Crippen LogP contribution in [0.3, 0.4) is 0 Å². The molecule has 0 heterocycles. The lowest BCUT2D eigenvalue weighted by molar-refractivity contribution is 0.138. The Morgan fingerprint density at radius 2 is 1.76 bits per heavy atom. The molecule has 1 aromatic carbocycles. The molecule has 0 bridgehead atoms. The van der Waals surface area contributed by atoms with Gasteiger partial charge in [-0.2, -0.15) is 15.8 Å². The van der Waals surface area contributed by atoms with Crippen LogP contribution in [-0.4, -0.2) is 0 Å². The second-order valence-corrected chi connectivity index (χ2v) is 9.36. The predicted octanol–water partition coefficient (Wildman–Crippen LogP) is 5.02. The average molecular weight is 385 g/mol. The fourth-order valence-electron chi connectivity index (χ4n) is 5.00. The molecule has 2 aliphatic rings. The molecular formula is C25H28N4. The molecule has 4 heteroatoms. The number of hydrogen-bond donors (Lipinski definition) is 1. The van der Waals surface area contributed by atoms with Crippen LogP contribution in [0.4, 0.5) is 0 Å². The van der Waals surface area contributed by atoms with Gasteiger partial charge in [0.1, 0.15) is 6.07 Å². The highest BCUT2D eigenvalue weighted by Gasteiger charge is 2.53. The van der Waals surface area contributed by atoms with Crippen LogP contribution < -0.4 is 5.73 Å². The Hall–Kier alpha value is -3.03. The van der Waals surface area contributed by atoms with Gasteiger partial charge in [-0.1, -0.05) is 57.2 Å². The first kappa shape index (κ1) is 20.7. The minimum atomic E-state index is -1.46. The van der Waals surface area contributed by atoms with E-state index in [2.05, 4.69) is 57.2 Å². The SMILES string of the molecule is CC(C)(C)C1CC=C2C(C#N)=C(N)C(C#N)(C#N)C(CCc3ccccc3)C2C1. The Labute approximate surface area is 173 Å². The molecule has 3 rings (SSSR count). The molecule has 3 atom stereocenters. The molecule has 2 aliphatic carbocycles. The quantitative estimate of drug-likeness (QED) is 0.791. The first-order valence-corrected chi connectivity index (χ1v) is 10.3. The van der Waals surface area contributed by atoms with Crippen molar-refractivity contribution >= 4 is 0 Å². The molecular weight excluding hydrogens is 356 g/mol. The van der Waals surface area contributed by atoms with E-state index in [-0.39, 0.29) is 22.9 Å². The Morgan fingerprint density at radius 1 is 1.10 bits per heavy atom. The van der Waals surface area contributed by atoms with E-state index in [1.54, 1.807) is 0 Å². The van der Waals surface area contributed by atoms with Crippen LogP contribution in [0.1, 0.15) is 45.6 Å². The van der Waals surface area contributed by atoms with Gasteiger partial charge in [-0.05, 0) is 54.1 Å². The predicted molar refractivity (Wildman–Crippen MR) is 112 cm³/mol. The fourth-order valence-corrected chi connectivity index (χ4v) is 5.00. The largest absolute Gasteiger partial charge is 0.399 e. The maximum Gasteiger partial charge on any atom is 0.187 e. The highest BCUT2D eigenvalue weighted by atomic mass is 14.7. The fraction of sp³-hybridized carbons (Fsp3) is 0.480. The van der Waals surface area contributed by atoms with Crippen molar-refractivity contribution in [2.45, 2.75) is 46.5 Å². The van der Waals surface area contributed by atoms with Crippen molar-refractivity contribution in [2.75, 3.05) is 0 Å². The van der Waals surface area contributed by atoms with Crippen molar-refractivity contribution in [3.63, 3.8) is 0 Å². The molecule has 148 valence electrons. The van der Waals surface area contributed by atoms with E-state index in [9.17, 15) is 15.8 Å². The third-order valence-corrected chi connectivity index (χ3v) is 6.86. The average Bonchev–Trinajstić information content (AvgIpc) is 2.72. The lowest BCUT2D eigenvalue weighted by Crippen LogP contribution is -2.46. The first-order valence-electron chi connectivity index (χ1n) is 10.3. The van der Waals surface area contributed by atoms with Gasteiger partial charge < -0.3 is 5.73 Å². The van der Waals surface area contributed by atoms with Crippen molar-refractivity contribution in [2.24, 2.45) is 34.3 Å². The van der Waals surface area contributed by atoms with Crippen molar-refractivity contribution in [3.8, 4) is 18.2 Å². The molecule has 0 spiro atoms. The third kappa shape index (κ3) is 3.54. The molecule has 0 saturated heterocycles. The minimum absolute atomic E-state index is 0.00191. The highest BCUT2D eigenvalue weighted by molar-refractivity contribution is 5.56. The monoisotopic (exact) mass is 384 g/mol. The molecule has 0 fully saturated rings. The van der Waals surface area contributed by atoms with E-state index in [0.29, 0.717) is 17.9 Å². The van der Waals surface area contributed by atoms with Crippen molar-refractivity contribution in [1.82, 2.24) is 0 Å². The second-order valence-electron chi connectivity index (χ2n) is 9.36. The summed E-state index contributed by atoms with van der Waals surface area (Å²) in [6.07, 6.45) is 5.37. The zero-order valence-corrected chi connectivity index (χ0v) is 17.4. The molecule has 0 amide bonds. The Balaban J connectivity index is 2.09. The van der Waals surface area contributed by atoms with E-state index < -0.39 is 5.41 Å². The summed E-state index contributed by atoms with van der Waals surface area (Å²) < 4.78 is 0. The van der Waals surface area contributed by atoms with Crippen LogP contribution in [0, 0.1) is 62.6 Å². The molecule has 1 aromatic rings. The van der Waals surface area contributed by atoms with Crippen molar-refractivity contribution in [1.29, 1.82) is 15.8 Å². The normalized spacial score (nSPS) is 25.8. The minimum Gasteiger partial charge on any atom is -0.399 e. The van der Waals surface area contributed by atoms with E-state index in [1.165, 1.54) is 5.56 Å². The molecule has 2 N–H and O–H groups in total. The van der Waals surface area contributed by atoms with Crippen LogP contribution in [0.5, 0.6) is 0 Å². The van der Waals surface area contributed by atoms with Gasteiger partial charge in [-0.15, -0.1) is 0 Å². The van der Waals surface area contributed by atoms with E-state index in [4.69, 9.17) is 5.73 Å². The number of rotatable bonds is 3. The Morgan fingerprint density at radius 3 is 2.31 bits per heavy atom. The second kappa shape index (κ2) is 7.77. The first-order chi connectivity index (χ1) is 13.8. The molecule has 0 radical (unpaired) electrons. The zero-order chi connectivity index (χ0) is 21.2. The van der Waals surface area contributed by atoms with Crippen LogP contribution >= 0.6 is 0 Å². The van der Waals surface area contributed by atoms with E-state index in [1.807, 2.05) is 18.2 Å². The van der Waals surface area contributed by atoms with E-state index in [0.717, 1.165) is 24.8 Å². The molecule has 4 nitrogen and oxygen atoms in total. The van der Waals surface area contributed by atoms with Crippen LogP contribution in [0.2, 0.25) is 0 Å². The smallest absolute Gasteiger partial charge is 0.187 e. The van der Waals surface area contributed by atoms with Gasteiger partial charge in [0, 0.05) is 5.92 Å². The van der Waals surface area contributed by atoms with Gasteiger partial charge in [0.15, 0.2) is 5.41 Å². The van der Waals surface area contributed by atoms with Crippen LogP contribution in [0.25, 0.3) is 0 Å². The summed E-state index contributed by atoms with van der Waals surface area (Å²) in [6, 6.07) is 16.8. The highest BCUT2D eigenvalue weighted by Crippen LogP contribution is 2.55. The maximum atomic E-state index is 10.1. The molecule has 0 aliphatic heterocycles. The summed E-state index contributed by atoms with van der Waals surface area (Å²) in [6.45, 7) is 6.70. The summed E-state index contributed by atoms with van der Waals surface area (Å²) in [5.74, 6) is 0.203. The molecule has 3 unspecified atom stereocenters. The van der Waals surface area contributed by atoms with E-state index >= 15 is 0 Å². The standard InChI is InChI=1S/C25H28N4/c1-24(2,3)18-10-11-19-20(13-18)22(12-9-17-7-5-4-6-8-17)25(15-27,16-28)23(29)21(19)14-26/h4-8,11,18,20,22H,9-10,12-13,29H2,1-3H3.